The Morgan fingerprint density at radius 3 is 2.25 bits per heavy atom. The Morgan fingerprint density at radius 1 is 1.31 bits per heavy atom. The van der Waals surface area contributed by atoms with Gasteiger partial charge in [0.15, 0.2) is 5.82 Å². The van der Waals surface area contributed by atoms with Crippen LogP contribution in [-0.2, 0) is 9.59 Å². The largest absolute Gasteiger partial charge is 0.481 e. The molecule has 0 saturated carbocycles. The first-order valence-electron chi connectivity index (χ1n) is 4.06. The predicted molar refractivity (Wildman–Crippen MR) is 57.3 cm³/mol. The smallest absolute Gasteiger partial charge is 0.312 e. The van der Waals surface area contributed by atoms with Gasteiger partial charge < -0.3 is 10.4 Å². The SMILES string of the molecule is O=C(O)CC(=O)Nc1cc(Cl)c(F)c(Cl)c1. The molecule has 0 unspecified atom stereocenters. The van der Waals surface area contributed by atoms with Crippen molar-refractivity contribution in [1.29, 1.82) is 0 Å². The standard InChI is InChI=1S/C9H6Cl2FNO3/c10-5-1-4(2-6(11)9(5)12)13-7(14)3-8(15)16/h1-2H,3H2,(H,13,14)(H,15,16). The lowest BCUT2D eigenvalue weighted by molar-refractivity contribution is -0.139. The van der Waals surface area contributed by atoms with Crippen LogP contribution in [0.2, 0.25) is 10.0 Å². The van der Waals surface area contributed by atoms with Crippen molar-refractivity contribution in [2.75, 3.05) is 5.32 Å². The lowest BCUT2D eigenvalue weighted by Crippen LogP contribution is -2.15. The van der Waals surface area contributed by atoms with Gasteiger partial charge in [-0.1, -0.05) is 23.2 Å². The highest BCUT2D eigenvalue weighted by molar-refractivity contribution is 6.35. The maximum absolute atomic E-state index is 13.0. The molecule has 86 valence electrons. The molecule has 4 nitrogen and oxygen atoms in total. The van der Waals surface area contributed by atoms with Gasteiger partial charge in [-0.15, -0.1) is 0 Å². The van der Waals surface area contributed by atoms with Crippen molar-refractivity contribution in [3.05, 3.63) is 28.0 Å². The van der Waals surface area contributed by atoms with Crippen LogP contribution in [0.1, 0.15) is 6.42 Å². The first-order valence-corrected chi connectivity index (χ1v) is 4.82. The van der Waals surface area contributed by atoms with Gasteiger partial charge in [0.2, 0.25) is 5.91 Å². The molecule has 2 N–H and O–H groups in total. The highest BCUT2D eigenvalue weighted by Gasteiger charge is 2.11. The first-order chi connectivity index (χ1) is 7.40. The molecule has 0 aromatic heterocycles. The molecule has 0 aliphatic carbocycles. The summed E-state index contributed by atoms with van der Waals surface area (Å²) in [5.74, 6) is -2.80. The molecule has 7 heteroatoms. The van der Waals surface area contributed by atoms with Crippen LogP contribution in [-0.4, -0.2) is 17.0 Å². The van der Waals surface area contributed by atoms with Crippen molar-refractivity contribution >= 4 is 40.8 Å². The fraction of sp³-hybridized carbons (Fsp3) is 0.111. The second-order valence-electron chi connectivity index (χ2n) is 2.87. The van der Waals surface area contributed by atoms with Gasteiger partial charge in [-0.25, -0.2) is 4.39 Å². The zero-order chi connectivity index (χ0) is 12.3. The average Bonchev–Trinajstić information content (AvgIpc) is 2.12. The number of amides is 1. The number of nitrogens with one attached hydrogen (secondary N) is 1. The van der Waals surface area contributed by atoms with Crippen molar-refractivity contribution in [2.24, 2.45) is 0 Å². The van der Waals surface area contributed by atoms with E-state index < -0.39 is 24.1 Å². The Morgan fingerprint density at radius 2 is 1.81 bits per heavy atom. The molecule has 0 atom stereocenters. The molecule has 0 saturated heterocycles. The molecule has 0 heterocycles. The fourth-order valence-corrected chi connectivity index (χ4v) is 1.46. The lowest BCUT2D eigenvalue weighted by Gasteiger charge is -2.05. The van der Waals surface area contributed by atoms with Gasteiger partial charge >= 0.3 is 5.97 Å². The summed E-state index contributed by atoms with van der Waals surface area (Å²) in [5, 5.41) is 10.1. The second-order valence-corrected chi connectivity index (χ2v) is 3.69. The van der Waals surface area contributed by atoms with Crippen molar-refractivity contribution in [2.45, 2.75) is 6.42 Å². The second kappa shape index (κ2) is 5.14. The van der Waals surface area contributed by atoms with E-state index in [0.717, 1.165) is 12.1 Å². The summed E-state index contributed by atoms with van der Waals surface area (Å²) in [6.07, 6.45) is -0.688. The molecule has 1 amide bonds. The molecule has 0 aliphatic heterocycles. The van der Waals surface area contributed by atoms with Crippen LogP contribution in [0, 0.1) is 5.82 Å². The van der Waals surface area contributed by atoms with Crippen LogP contribution in [0.5, 0.6) is 0 Å². The number of halogens is 3. The summed E-state index contributed by atoms with van der Waals surface area (Å²) in [5.41, 5.74) is 0.141. The quantitative estimate of drug-likeness (QED) is 0.652. The summed E-state index contributed by atoms with van der Waals surface area (Å²) in [4.78, 5) is 21.3. The zero-order valence-corrected chi connectivity index (χ0v) is 9.27. The average molecular weight is 266 g/mol. The molecule has 1 aromatic rings. The predicted octanol–water partition coefficient (Wildman–Crippen LogP) is 2.55. The topological polar surface area (TPSA) is 66.4 Å². The van der Waals surface area contributed by atoms with Gasteiger partial charge in [0, 0.05) is 5.69 Å². The minimum atomic E-state index is -1.27. The third-order valence-corrected chi connectivity index (χ3v) is 2.13. The molecule has 0 spiro atoms. The molecule has 0 aliphatic rings. The van der Waals surface area contributed by atoms with Crippen LogP contribution < -0.4 is 5.32 Å². The van der Waals surface area contributed by atoms with E-state index in [1.807, 2.05) is 0 Å². The normalized spacial score (nSPS) is 9.94. The van der Waals surface area contributed by atoms with E-state index in [4.69, 9.17) is 28.3 Å². The summed E-state index contributed by atoms with van der Waals surface area (Å²) >= 11 is 11.0. The van der Waals surface area contributed by atoms with Crippen molar-refractivity contribution in [3.8, 4) is 0 Å². The van der Waals surface area contributed by atoms with Gasteiger partial charge in [-0.3, -0.25) is 9.59 Å². The zero-order valence-electron chi connectivity index (χ0n) is 7.76. The highest BCUT2D eigenvalue weighted by Crippen LogP contribution is 2.27. The maximum atomic E-state index is 13.0. The Hall–Kier alpha value is -1.33. The third kappa shape index (κ3) is 3.36. The van der Waals surface area contributed by atoms with Crippen molar-refractivity contribution in [1.82, 2.24) is 0 Å². The maximum Gasteiger partial charge on any atom is 0.312 e. The molecule has 1 aromatic carbocycles. The Kier molecular flexibility index (Phi) is 4.09. The number of aliphatic carboxylic acids is 1. The van der Waals surface area contributed by atoms with E-state index in [1.54, 1.807) is 0 Å². The van der Waals surface area contributed by atoms with Crippen LogP contribution >= 0.6 is 23.2 Å². The summed E-state index contributed by atoms with van der Waals surface area (Å²) in [6.45, 7) is 0. The fourth-order valence-electron chi connectivity index (χ4n) is 0.970. The minimum absolute atomic E-state index is 0.141. The Balaban J connectivity index is 2.82. The van der Waals surface area contributed by atoms with Crippen molar-refractivity contribution < 1.29 is 19.1 Å². The van der Waals surface area contributed by atoms with Gasteiger partial charge in [0.05, 0.1) is 10.0 Å². The number of rotatable bonds is 3. The van der Waals surface area contributed by atoms with Gasteiger partial charge in [0.1, 0.15) is 6.42 Å². The highest BCUT2D eigenvalue weighted by atomic mass is 35.5. The number of benzene rings is 1. The third-order valence-electron chi connectivity index (χ3n) is 1.58. The van der Waals surface area contributed by atoms with E-state index in [1.165, 1.54) is 0 Å². The van der Waals surface area contributed by atoms with E-state index in [9.17, 15) is 14.0 Å². The number of carboxylic acids is 1. The van der Waals surface area contributed by atoms with Gasteiger partial charge in [-0.2, -0.15) is 0 Å². The molecule has 16 heavy (non-hydrogen) atoms. The van der Waals surface area contributed by atoms with E-state index >= 15 is 0 Å². The first kappa shape index (κ1) is 12.7. The lowest BCUT2D eigenvalue weighted by atomic mass is 10.3. The number of hydrogen-bond acceptors (Lipinski definition) is 2. The number of carbonyl (C=O) groups is 2. The number of hydrogen-bond donors (Lipinski definition) is 2. The molecular weight excluding hydrogens is 260 g/mol. The summed E-state index contributed by atoms with van der Waals surface area (Å²) < 4.78 is 13.0. The van der Waals surface area contributed by atoms with Crippen LogP contribution in [0.4, 0.5) is 10.1 Å². The van der Waals surface area contributed by atoms with Gasteiger partial charge in [0.25, 0.3) is 0 Å². The van der Waals surface area contributed by atoms with E-state index in [0.29, 0.717) is 0 Å². The molecule has 1 rings (SSSR count). The van der Waals surface area contributed by atoms with E-state index in [2.05, 4.69) is 5.32 Å². The number of anilines is 1. The van der Waals surface area contributed by atoms with E-state index in [-0.39, 0.29) is 15.7 Å². The Bertz CT molecular complexity index is 427. The van der Waals surface area contributed by atoms with Crippen LogP contribution in [0.3, 0.4) is 0 Å². The monoisotopic (exact) mass is 265 g/mol. The van der Waals surface area contributed by atoms with Gasteiger partial charge in [-0.05, 0) is 12.1 Å². The molecular formula is C9H6Cl2FNO3. The molecule has 0 radical (unpaired) electrons. The summed E-state index contributed by atoms with van der Waals surface area (Å²) in [6, 6.07) is 2.28. The Labute approximate surface area is 100.0 Å². The molecule has 0 fully saturated rings. The molecule has 0 bridgehead atoms. The minimum Gasteiger partial charge on any atom is -0.481 e. The van der Waals surface area contributed by atoms with Crippen molar-refractivity contribution in [3.63, 3.8) is 0 Å². The number of carbonyl (C=O) groups excluding carboxylic acids is 1. The summed E-state index contributed by atoms with van der Waals surface area (Å²) in [7, 11) is 0. The van der Waals surface area contributed by atoms with Crippen LogP contribution in [0.15, 0.2) is 12.1 Å². The van der Waals surface area contributed by atoms with Crippen LogP contribution in [0.25, 0.3) is 0 Å². The number of carboxylic acid groups (broad SMARTS) is 1.